The zero-order valence-corrected chi connectivity index (χ0v) is 16.3. The van der Waals surface area contributed by atoms with Crippen molar-refractivity contribution in [2.75, 3.05) is 37.6 Å². The lowest BCUT2D eigenvalue weighted by Crippen LogP contribution is -2.49. The van der Waals surface area contributed by atoms with Gasteiger partial charge in [0.2, 0.25) is 0 Å². The number of fused-ring (bicyclic) bond motifs is 1. The van der Waals surface area contributed by atoms with Gasteiger partial charge in [0.05, 0.1) is 12.6 Å². The molecule has 2 aromatic rings. The number of hydrogen-bond donors (Lipinski definition) is 2. The third-order valence-electron chi connectivity index (χ3n) is 5.19. The van der Waals surface area contributed by atoms with Gasteiger partial charge in [-0.1, -0.05) is 17.7 Å². The largest absolute Gasteiger partial charge is 0.389 e. The summed E-state index contributed by atoms with van der Waals surface area (Å²) in [6.45, 7) is 4.91. The monoisotopic (exact) mass is 403 g/mol. The summed E-state index contributed by atoms with van der Waals surface area (Å²) in [7, 11) is 0. The number of carbonyl (C=O) groups excluding carboxylic acids is 2. The Morgan fingerprint density at radius 1 is 1.25 bits per heavy atom. The van der Waals surface area contributed by atoms with E-state index in [4.69, 9.17) is 11.6 Å². The number of aliphatic hydroxyl groups excluding tert-OH is 1. The van der Waals surface area contributed by atoms with Crippen molar-refractivity contribution in [3.05, 3.63) is 46.2 Å². The lowest BCUT2D eigenvalue weighted by Gasteiger charge is -2.36. The number of nitrogens with one attached hydrogen (secondary N) is 1. The Labute approximate surface area is 167 Å². The van der Waals surface area contributed by atoms with Crippen LogP contribution in [0.25, 0.3) is 0 Å². The summed E-state index contributed by atoms with van der Waals surface area (Å²) in [5.41, 5.74) is 2.75. The predicted molar refractivity (Wildman–Crippen MR) is 105 cm³/mol. The van der Waals surface area contributed by atoms with E-state index in [-0.39, 0.29) is 30.6 Å². The van der Waals surface area contributed by atoms with Crippen LogP contribution in [0.3, 0.4) is 0 Å². The molecular weight excluding hydrogens is 382 g/mol. The van der Waals surface area contributed by atoms with Crippen LogP contribution in [0.15, 0.2) is 24.3 Å². The van der Waals surface area contributed by atoms with E-state index in [0.717, 1.165) is 11.3 Å². The van der Waals surface area contributed by atoms with Crippen LogP contribution in [-0.2, 0) is 6.54 Å². The lowest BCUT2D eigenvalue weighted by atomic mass is 10.1. The molecule has 148 valence electrons. The van der Waals surface area contributed by atoms with Gasteiger partial charge in [-0.15, -0.1) is 0 Å². The highest BCUT2D eigenvalue weighted by Gasteiger charge is 2.28. The zero-order chi connectivity index (χ0) is 19.8. The van der Waals surface area contributed by atoms with E-state index >= 15 is 0 Å². The zero-order valence-electron chi connectivity index (χ0n) is 15.6. The van der Waals surface area contributed by atoms with Crippen LogP contribution in [0.2, 0.25) is 5.02 Å². The summed E-state index contributed by atoms with van der Waals surface area (Å²) in [5, 5.41) is 17.4. The van der Waals surface area contributed by atoms with Crippen LogP contribution in [0.4, 0.5) is 5.69 Å². The molecule has 2 amide bonds. The average Bonchev–Trinajstić information content (AvgIpc) is 3.06. The van der Waals surface area contributed by atoms with Crippen molar-refractivity contribution in [1.82, 2.24) is 20.0 Å². The first-order valence-corrected chi connectivity index (χ1v) is 9.64. The van der Waals surface area contributed by atoms with E-state index in [0.29, 0.717) is 36.9 Å². The standard InChI is InChI=1S/C19H22ClN5O3/c1-12-2-3-13(20)8-16(12)23-4-6-24(7-5-23)19(28)15-9-17-18(27)21-10-14(26)11-25(17)22-15/h2-3,8-9,14,26H,4-7,10-11H2,1H3,(H,21,27). The minimum atomic E-state index is -0.725. The summed E-state index contributed by atoms with van der Waals surface area (Å²) >= 11 is 6.13. The van der Waals surface area contributed by atoms with Crippen molar-refractivity contribution in [2.45, 2.75) is 19.6 Å². The number of β-amino-alcohol motifs (C(OH)–C–C–N with tert-alkyl or cyclic N) is 1. The molecular formula is C19H22ClN5O3. The number of aryl methyl sites for hydroxylation is 1. The third-order valence-corrected chi connectivity index (χ3v) is 5.43. The molecule has 2 N–H and O–H groups in total. The number of halogens is 1. The SMILES string of the molecule is Cc1ccc(Cl)cc1N1CCN(C(=O)c2cc3n(n2)CC(O)CNC3=O)CC1. The van der Waals surface area contributed by atoms with Crippen molar-refractivity contribution in [1.29, 1.82) is 0 Å². The molecule has 1 saturated heterocycles. The number of anilines is 1. The Morgan fingerprint density at radius 2 is 2.00 bits per heavy atom. The van der Waals surface area contributed by atoms with Gasteiger partial charge in [0.1, 0.15) is 5.69 Å². The number of aliphatic hydroxyl groups is 1. The van der Waals surface area contributed by atoms with Crippen LogP contribution in [0, 0.1) is 6.92 Å². The van der Waals surface area contributed by atoms with Gasteiger partial charge in [-0.3, -0.25) is 14.3 Å². The number of piperazine rings is 1. The molecule has 1 atom stereocenters. The van der Waals surface area contributed by atoms with Gasteiger partial charge in [0.25, 0.3) is 11.8 Å². The maximum atomic E-state index is 12.9. The van der Waals surface area contributed by atoms with Crippen molar-refractivity contribution in [2.24, 2.45) is 0 Å². The van der Waals surface area contributed by atoms with Gasteiger partial charge in [-0.25, -0.2) is 0 Å². The Hall–Kier alpha value is -2.58. The van der Waals surface area contributed by atoms with E-state index < -0.39 is 6.10 Å². The Morgan fingerprint density at radius 3 is 2.75 bits per heavy atom. The Kier molecular flexibility index (Phi) is 4.99. The van der Waals surface area contributed by atoms with Gasteiger partial charge in [-0.05, 0) is 24.6 Å². The van der Waals surface area contributed by atoms with Crippen molar-refractivity contribution in [3.63, 3.8) is 0 Å². The average molecular weight is 404 g/mol. The minimum Gasteiger partial charge on any atom is -0.389 e. The molecule has 2 aliphatic heterocycles. The van der Waals surface area contributed by atoms with Gasteiger partial charge in [0, 0.05) is 49.5 Å². The molecule has 0 saturated carbocycles. The summed E-state index contributed by atoms with van der Waals surface area (Å²) in [6.07, 6.45) is -0.725. The fourth-order valence-electron chi connectivity index (χ4n) is 3.64. The van der Waals surface area contributed by atoms with E-state index in [2.05, 4.69) is 15.3 Å². The molecule has 8 nitrogen and oxygen atoms in total. The second-order valence-electron chi connectivity index (χ2n) is 7.17. The number of rotatable bonds is 2. The molecule has 0 radical (unpaired) electrons. The fourth-order valence-corrected chi connectivity index (χ4v) is 3.81. The summed E-state index contributed by atoms with van der Waals surface area (Å²) in [5.74, 6) is -0.533. The van der Waals surface area contributed by atoms with Gasteiger partial charge in [0.15, 0.2) is 5.69 Å². The molecule has 1 aromatic carbocycles. The van der Waals surface area contributed by atoms with Gasteiger partial charge < -0.3 is 20.2 Å². The van der Waals surface area contributed by atoms with E-state index in [1.807, 2.05) is 25.1 Å². The lowest BCUT2D eigenvalue weighted by molar-refractivity contribution is 0.0738. The van der Waals surface area contributed by atoms with Crippen LogP contribution in [0.1, 0.15) is 26.5 Å². The fraction of sp³-hybridized carbons (Fsp3) is 0.421. The van der Waals surface area contributed by atoms with Crippen molar-refractivity contribution in [3.8, 4) is 0 Å². The minimum absolute atomic E-state index is 0.177. The summed E-state index contributed by atoms with van der Waals surface area (Å²) in [4.78, 5) is 28.9. The molecule has 9 heteroatoms. The molecule has 0 aliphatic carbocycles. The topological polar surface area (TPSA) is 90.7 Å². The summed E-state index contributed by atoms with van der Waals surface area (Å²) < 4.78 is 1.41. The quantitative estimate of drug-likeness (QED) is 0.777. The normalized spacial score (nSPS) is 19.8. The number of amides is 2. The van der Waals surface area contributed by atoms with E-state index in [1.165, 1.54) is 10.7 Å². The first kappa shape index (κ1) is 18.8. The number of nitrogens with zero attached hydrogens (tertiary/aromatic N) is 4. The van der Waals surface area contributed by atoms with Crippen molar-refractivity contribution < 1.29 is 14.7 Å². The highest BCUT2D eigenvalue weighted by molar-refractivity contribution is 6.30. The number of benzene rings is 1. The van der Waals surface area contributed by atoms with Crippen LogP contribution < -0.4 is 10.2 Å². The van der Waals surface area contributed by atoms with Gasteiger partial charge in [-0.2, -0.15) is 5.10 Å². The maximum Gasteiger partial charge on any atom is 0.274 e. The smallest absolute Gasteiger partial charge is 0.274 e. The number of aromatic nitrogens is 2. The number of carbonyl (C=O) groups is 2. The first-order valence-electron chi connectivity index (χ1n) is 9.27. The van der Waals surface area contributed by atoms with Crippen LogP contribution >= 0.6 is 11.6 Å². The Bertz CT molecular complexity index is 920. The highest BCUT2D eigenvalue weighted by Crippen LogP contribution is 2.25. The van der Waals surface area contributed by atoms with Crippen LogP contribution in [-0.4, -0.2) is 70.4 Å². The molecule has 1 aromatic heterocycles. The van der Waals surface area contributed by atoms with Crippen LogP contribution in [0.5, 0.6) is 0 Å². The van der Waals surface area contributed by atoms with E-state index in [1.54, 1.807) is 4.90 Å². The maximum absolute atomic E-state index is 12.9. The third kappa shape index (κ3) is 3.57. The second kappa shape index (κ2) is 7.44. The molecule has 0 spiro atoms. The molecule has 3 heterocycles. The summed E-state index contributed by atoms with van der Waals surface area (Å²) in [6, 6.07) is 7.32. The second-order valence-corrected chi connectivity index (χ2v) is 7.61. The predicted octanol–water partition coefficient (Wildman–Crippen LogP) is 0.912. The van der Waals surface area contributed by atoms with Crippen molar-refractivity contribution >= 4 is 29.1 Å². The number of hydrogen-bond acceptors (Lipinski definition) is 5. The first-order chi connectivity index (χ1) is 13.4. The molecule has 1 fully saturated rings. The molecule has 4 rings (SSSR count). The van der Waals surface area contributed by atoms with Gasteiger partial charge >= 0.3 is 0 Å². The Balaban J connectivity index is 1.46. The molecule has 28 heavy (non-hydrogen) atoms. The molecule has 1 unspecified atom stereocenters. The highest BCUT2D eigenvalue weighted by atomic mass is 35.5. The van der Waals surface area contributed by atoms with E-state index in [9.17, 15) is 14.7 Å². The molecule has 2 aliphatic rings. The molecule has 0 bridgehead atoms.